The number of methoxy groups -OCH3 is 1. The molecule has 2 aliphatic rings. The minimum Gasteiger partial charge on any atom is -0.504 e. The highest BCUT2D eigenvalue weighted by Gasteiger charge is 2.45. The van der Waals surface area contributed by atoms with Crippen molar-refractivity contribution in [3.63, 3.8) is 0 Å². The number of phenolic OH excluding ortho intramolecular Hbond substituents is 1. The quantitative estimate of drug-likeness (QED) is 0.289. The molecule has 2 aromatic carbocycles. The molecule has 2 aliphatic heterocycles. The fraction of sp³-hybridized carbons (Fsp3) is 0.520. The van der Waals surface area contributed by atoms with Crippen molar-refractivity contribution < 1.29 is 49.6 Å². The van der Waals surface area contributed by atoms with E-state index in [1.54, 1.807) is 12.1 Å². The zero-order valence-electron chi connectivity index (χ0n) is 19.4. The van der Waals surface area contributed by atoms with E-state index in [4.69, 9.17) is 18.9 Å². The summed E-state index contributed by atoms with van der Waals surface area (Å²) in [5.41, 5.74) is 2.61. The van der Waals surface area contributed by atoms with Crippen LogP contribution in [-0.4, -0.2) is 88.3 Å². The van der Waals surface area contributed by atoms with E-state index in [0.717, 1.165) is 16.7 Å². The molecule has 10 nitrogen and oxygen atoms in total. The van der Waals surface area contributed by atoms with Gasteiger partial charge in [-0.15, -0.1) is 0 Å². The van der Waals surface area contributed by atoms with Crippen LogP contribution in [0.2, 0.25) is 0 Å². The summed E-state index contributed by atoms with van der Waals surface area (Å²) >= 11 is 0. The fourth-order valence-corrected chi connectivity index (χ4v) is 4.57. The first-order chi connectivity index (χ1) is 16.9. The Morgan fingerprint density at radius 3 is 2.49 bits per heavy atom. The molecule has 2 heterocycles. The smallest absolute Gasteiger partial charge is 0.186 e. The van der Waals surface area contributed by atoms with E-state index in [1.807, 2.05) is 18.2 Å². The molecule has 4 rings (SSSR count). The lowest BCUT2D eigenvalue weighted by atomic mass is 9.90. The molecule has 10 heteroatoms. The van der Waals surface area contributed by atoms with Crippen LogP contribution in [0.15, 0.2) is 36.4 Å². The summed E-state index contributed by atoms with van der Waals surface area (Å²) < 4.78 is 22.9. The van der Waals surface area contributed by atoms with Gasteiger partial charge in [0.25, 0.3) is 0 Å². The molecule has 7 atom stereocenters. The summed E-state index contributed by atoms with van der Waals surface area (Å²) in [6.45, 7) is -0.454. The number of benzene rings is 2. The van der Waals surface area contributed by atoms with Crippen LogP contribution in [0.1, 0.15) is 35.1 Å². The molecule has 6 N–H and O–H groups in total. The Balaban J connectivity index is 1.61. The Labute approximate surface area is 202 Å². The highest BCUT2D eigenvalue weighted by Crippen LogP contribution is 2.48. The average Bonchev–Trinajstić information content (AvgIpc) is 3.23. The summed E-state index contributed by atoms with van der Waals surface area (Å²) in [6.07, 6.45) is -6.10. The van der Waals surface area contributed by atoms with Gasteiger partial charge >= 0.3 is 0 Å². The number of aryl methyl sites for hydroxylation is 1. The first-order valence-electron chi connectivity index (χ1n) is 11.6. The van der Waals surface area contributed by atoms with Gasteiger partial charge in [0.05, 0.1) is 26.2 Å². The normalized spacial score (nSPS) is 30.1. The standard InChI is InChI=1S/C25H32O10/c1-32-19-10-14(5-6-17(19)28)24-16(15-9-13(3-2-8-26)4-7-18(15)34-24)12-33-25-23(31)22(30)21(29)20(11-27)35-25/h4-7,9-10,16,20-31H,2-3,8,11-12H2,1H3/t16?,20-,21-,22+,23-,24?,25-/m1/s1. The van der Waals surface area contributed by atoms with Gasteiger partial charge in [0, 0.05) is 12.2 Å². The number of rotatable bonds is 9. The van der Waals surface area contributed by atoms with Gasteiger partial charge in [0.1, 0.15) is 36.3 Å². The summed E-state index contributed by atoms with van der Waals surface area (Å²) in [4.78, 5) is 0. The summed E-state index contributed by atoms with van der Waals surface area (Å²) in [5, 5.41) is 59.2. The van der Waals surface area contributed by atoms with Gasteiger partial charge in [-0.3, -0.25) is 0 Å². The van der Waals surface area contributed by atoms with E-state index >= 15 is 0 Å². The van der Waals surface area contributed by atoms with Crippen LogP contribution in [0.25, 0.3) is 0 Å². The number of fused-ring (bicyclic) bond motifs is 1. The Morgan fingerprint density at radius 2 is 1.77 bits per heavy atom. The van der Waals surface area contributed by atoms with E-state index in [0.29, 0.717) is 24.3 Å². The number of ether oxygens (including phenoxy) is 4. The predicted octanol–water partition coefficient (Wildman–Crippen LogP) is 0.359. The molecular weight excluding hydrogens is 460 g/mol. The maximum absolute atomic E-state index is 10.4. The lowest BCUT2D eigenvalue weighted by molar-refractivity contribution is -0.302. The highest BCUT2D eigenvalue weighted by atomic mass is 16.7. The number of aromatic hydroxyl groups is 1. The number of phenols is 1. The third-order valence-electron chi connectivity index (χ3n) is 6.54. The van der Waals surface area contributed by atoms with Gasteiger partial charge in [-0.1, -0.05) is 18.2 Å². The SMILES string of the molecule is COc1cc(C2Oc3ccc(CCCO)cc3C2CO[C@@H]2O[C@H](CO)[C@@H](O)[C@H](O)[C@H]2O)ccc1O. The first kappa shape index (κ1) is 25.6. The fourth-order valence-electron chi connectivity index (χ4n) is 4.57. The van der Waals surface area contributed by atoms with Gasteiger partial charge in [0.15, 0.2) is 17.8 Å². The van der Waals surface area contributed by atoms with E-state index < -0.39 is 43.4 Å². The zero-order valence-corrected chi connectivity index (χ0v) is 19.4. The van der Waals surface area contributed by atoms with Crippen molar-refractivity contribution in [2.45, 2.75) is 55.6 Å². The third-order valence-corrected chi connectivity index (χ3v) is 6.54. The van der Waals surface area contributed by atoms with Crippen molar-refractivity contribution in [2.75, 3.05) is 26.9 Å². The van der Waals surface area contributed by atoms with E-state index in [9.17, 15) is 30.6 Å². The van der Waals surface area contributed by atoms with Gasteiger partial charge < -0.3 is 49.6 Å². The largest absolute Gasteiger partial charge is 0.504 e. The Kier molecular flexibility index (Phi) is 8.12. The van der Waals surface area contributed by atoms with Crippen LogP contribution >= 0.6 is 0 Å². The second-order valence-corrected chi connectivity index (χ2v) is 8.81. The second-order valence-electron chi connectivity index (χ2n) is 8.81. The molecule has 0 aliphatic carbocycles. The molecule has 0 amide bonds. The molecule has 0 spiro atoms. The summed E-state index contributed by atoms with van der Waals surface area (Å²) in [7, 11) is 1.45. The average molecular weight is 493 g/mol. The lowest BCUT2D eigenvalue weighted by Crippen LogP contribution is -2.59. The number of hydrogen-bond donors (Lipinski definition) is 6. The van der Waals surface area contributed by atoms with Crippen LogP contribution in [0.4, 0.5) is 0 Å². The monoisotopic (exact) mass is 492 g/mol. The zero-order chi connectivity index (χ0) is 25.1. The minimum atomic E-state index is -1.54. The molecule has 0 bridgehead atoms. The van der Waals surface area contributed by atoms with Crippen molar-refractivity contribution >= 4 is 0 Å². The molecule has 0 saturated carbocycles. The Morgan fingerprint density at radius 1 is 0.971 bits per heavy atom. The molecule has 2 aromatic rings. The van der Waals surface area contributed by atoms with Crippen molar-refractivity contribution in [2.24, 2.45) is 0 Å². The van der Waals surface area contributed by atoms with E-state index in [1.165, 1.54) is 13.2 Å². The maximum atomic E-state index is 10.4. The van der Waals surface area contributed by atoms with Crippen LogP contribution in [0, 0.1) is 0 Å². The number of hydrogen-bond acceptors (Lipinski definition) is 10. The molecule has 1 saturated heterocycles. The van der Waals surface area contributed by atoms with Crippen LogP contribution in [0.3, 0.4) is 0 Å². The molecule has 1 fully saturated rings. The molecule has 192 valence electrons. The summed E-state index contributed by atoms with van der Waals surface area (Å²) in [6, 6.07) is 10.7. The van der Waals surface area contributed by atoms with Crippen molar-refractivity contribution in [1.29, 1.82) is 0 Å². The predicted molar refractivity (Wildman–Crippen MR) is 122 cm³/mol. The highest BCUT2D eigenvalue weighted by molar-refractivity contribution is 5.49. The van der Waals surface area contributed by atoms with E-state index in [-0.39, 0.29) is 24.9 Å². The first-order valence-corrected chi connectivity index (χ1v) is 11.6. The molecule has 0 radical (unpaired) electrons. The lowest BCUT2D eigenvalue weighted by Gasteiger charge is -2.40. The van der Waals surface area contributed by atoms with Gasteiger partial charge in [-0.05, 0) is 42.2 Å². The van der Waals surface area contributed by atoms with Gasteiger partial charge in [-0.2, -0.15) is 0 Å². The molecule has 0 aromatic heterocycles. The topological polar surface area (TPSA) is 158 Å². The van der Waals surface area contributed by atoms with Crippen LogP contribution in [0.5, 0.6) is 17.2 Å². The van der Waals surface area contributed by atoms with Crippen LogP contribution < -0.4 is 9.47 Å². The molecule has 35 heavy (non-hydrogen) atoms. The van der Waals surface area contributed by atoms with E-state index in [2.05, 4.69) is 0 Å². The van der Waals surface area contributed by atoms with Crippen molar-refractivity contribution in [3.05, 3.63) is 53.1 Å². The molecular formula is C25H32O10. The number of aliphatic hydroxyl groups is 5. The summed E-state index contributed by atoms with van der Waals surface area (Å²) in [5.74, 6) is 0.573. The van der Waals surface area contributed by atoms with Gasteiger partial charge in [-0.25, -0.2) is 0 Å². The van der Waals surface area contributed by atoms with Gasteiger partial charge in [0.2, 0.25) is 0 Å². The van der Waals surface area contributed by atoms with Crippen molar-refractivity contribution in [1.82, 2.24) is 0 Å². The Bertz CT molecular complexity index is 996. The minimum absolute atomic E-state index is 0.00725. The van der Waals surface area contributed by atoms with Crippen molar-refractivity contribution in [3.8, 4) is 17.2 Å². The maximum Gasteiger partial charge on any atom is 0.186 e. The molecule has 2 unspecified atom stereocenters. The third kappa shape index (κ3) is 5.24. The Hall–Kier alpha value is -2.44. The van der Waals surface area contributed by atoms with Crippen LogP contribution in [-0.2, 0) is 15.9 Å². The second kappa shape index (κ2) is 11.1. The number of aliphatic hydroxyl groups excluding tert-OH is 5.